The van der Waals surface area contributed by atoms with E-state index in [0.717, 1.165) is 49.3 Å². The van der Waals surface area contributed by atoms with Crippen LogP contribution in [0.25, 0.3) is 0 Å². The molecule has 1 aromatic heterocycles. The Hall–Kier alpha value is -1.69. The molecule has 2 saturated carbocycles. The van der Waals surface area contributed by atoms with Gasteiger partial charge < -0.3 is 15.7 Å². The van der Waals surface area contributed by atoms with Gasteiger partial charge in [0.2, 0.25) is 0 Å². The SMILES string of the molecule is O=C1NCCc2c(N[C@H]3CC[C@H]3O)nc(C3CC3)nc21. The summed E-state index contributed by atoms with van der Waals surface area (Å²) in [7, 11) is 0. The zero-order valence-corrected chi connectivity index (χ0v) is 11.2. The number of nitrogens with one attached hydrogen (secondary N) is 2. The minimum Gasteiger partial charge on any atom is -0.391 e. The molecule has 1 aromatic rings. The van der Waals surface area contributed by atoms with Crippen LogP contribution in [0.3, 0.4) is 0 Å². The summed E-state index contributed by atoms with van der Waals surface area (Å²) in [5.74, 6) is 1.84. The largest absolute Gasteiger partial charge is 0.391 e. The molecule has 0 saturated heterocycles. The molecule has 20 heavy (non-hydrogen) atoms. The van der Waals surface area contributed by atoms with Crippen LogP contribution in [0, 0.1) is 0 Å². The highest BCUT2D eigenvalue weighted by molar-refractivity contribution is 5.96. The average Bonchev–Trinajstić information content (AvgIpc) is 3.28. The number of amides is 1. The Balaban J connectivity index is 1.72. The summed E-state index contributed by atoms with van der Waals surface area (Å²) in [6.07, 6.45) is 4.43. The number of aliphatic hydroxyl groups excluding tert-OH is 1. The molecule has 2 heterocycles. The van der Waals surface area contributed by atoms with E-state index in [1.807, 2.05) is 0 Å². The molecule has 4 rings (SSSR count). The second kappa shape index (κ2) is 4.41. The van der Waals surface area contributed by atoms with Crippen LogP contribution in [0.2, 0.25) is 0 Å². The van der Waals surface area contributed by atoms with Gasteiger partial charge in [0, 0.05) is 18.0 Å². The Morgan fingerprint density at radius 3 is 2.70 bits per heavy atom. The van der Waals surface area contributed by atoms with Crippen molar-refractivity contribution < 1.29 is 9.90 Å². The van der Waals surface area contributed by atoms with Crippen molar-refractivity contribution in [1.82, 2.24) is 15.3 Å². The zero-order chi connectivity index (χ0) is 13.7. The summed E-state index contributed by atoms with van der Waals surface area (Å²) >= 11 is 0. The van der Waals surface area contributed by atoms with E-state index in [1.54, 1.807) is 0 Å². The van der Waals surface area contributed by atoms with Crippen LogP contribution in [0.15, 0.2) is 0 Å². The molecule has 6 nitrogen and oxygen atoms in total. The molecule has 2 aliphatic carbocycles. The highest BCUT2D eigenvalue weighted by Gasteiger charge is 2.34. The fourth-order valence-corrected chi connectivity index (χ4v) is 2.78. The predicted molar refractivity (Wildman–Crippen MR) is 72.7 cm³/mol. The van der Waals surface area contributed by atoms with E-state index in [2.05, 4.69) is 20.6 Å². The zero-order valence-electron chi connectivity index (χ0n) is 11.2. The first-order valence-corrected chi connectivity index (χ1v) is 7.36. The molecule has 1 aliphatic heterocycles. The summed E-state index contributed by atoms with van der Waals surface area (Å²) in [5.41, 5.74) is 1.42. The second-order valence-corrected chi connectivity index (χ2v) is 5.93. The molecule has 2 fully saturated rings. The molecule has 0 bridgehead atoms. The van der Waals surface area contributed by atoms with Crippen molar-refractivity contribution >= 4 is 11.7 Å². The van der Waals surface area contributed by atoms with E-state index < -0.39 is 0 Å². The first-order chi connectivity index (χ1) is 9.72. The van der Waals surface area contributed by atoms with E-state index >= 15 is 0 Å². The molecule has 0 radical (unpaired) electrons. The molecule has 0 unspecified atom stereocenters. The summed E-state index contributed by atoms with van der Waals surface area (Å²) < 4.78 is 0. The molecule has 6 heteroatoms. The first kappa shape index (κ1) is 12.1. The van der Waals surface area contributed by atoms with Crippen LogP contribution < -0.4 is 10.6 Å². The van der Waals surface area contributed by atoms with Crippen molar-refractivity contribution in [3.8, 4) is 0 Å². The minimum absolute atomic E-state index is 0.0611. The van der Waals surface area contributed by atoms with Gasteiger partial charge in [-0.25, -0.2) is 9.97 Å². The van der Waals surface area contributed by atoms with Crippen LogP contribution in [-0.2, 0) is 6.42 Å². The maximum Gasteiger partial charge on any atom is 0.270 e. The van der Waals surface area contributed by atoms with Crippen molar-refractivity contribution in [3.63, 3.8) is 0 Å². The number of carbonyl (C=O) groups excluding carboxylic acids is 1. The number of aliphatic hydroxyl groups is 1. The van der Waals surface area contributed by atoms with Crippen molar-refractivity contribution in [2.45, 2.75) is 50.2 Å². The number of hydrogen-bond acceptors (Lipinski definition) is 5. The van der Waals surface area contributed by atoms with Gasteiger partial charge in [-0.05, 0) is 32.1 Å². The summed E-state index contributed by atoms with van der Waals surface area (Å²) in [4.78, 5) is 21.1. The van der Waals surface area contributed by atoms with Crippen LogP contribution in [-0.4, -0.2) is 39.7 Å². The van der Waals surface area contributed by atoms with Gasteiger partial charge in [-0.1, -0.05) is 0 Å². The van der Waals surface area contributed by atoms with Crippen molar-refractivity contribution in [2.24, 2.45) is 0 Å². The fraction of sp³-hybridized carbons (Fsp3) is 0.643. The monoisotopic (exact) mass is 274 g/mol. The lowest BCUT2D eigenvalue weighted by molar-refractivity contribution is 0.0783. The smallest absolute Gasteiger partial charge is 0.270 e. The van der Waals surface area contributed by atoms with Crippen LogP contribution in [0.4, 0.5) is 5.82 Å². The normalized spacial score (nSPS) is 28.4. The van der Waals surface area contributed by atoms with Gasteiger partial charge in [-0.3, -0.25) is 4.79 Å². The number of anilines is 1. The number of aromatic nitrogens is 2. The lowest BCUT2D eigenvalue weighted by atomic mass is 9.89. The van der Waals surface area contributed by atoms with Crippen molar-refractivity contribution in [1.29, 1.82) is 0 Å². The van der Waals surface area contributed by atoms with E-state index in [1.165, 1.54) is 0 Å². The molecule has 3 aliphatic rings. The third kappa shape index (κ3) is 1.95. The molecule has 0 aromatic carbocycles. The Morgan fingerprint density at radius 2 is 2.05 bits per heavy atom. The Bertz CT molecular complexity index is 571. The molecular formula is C14H18N4O2. The summed E-state index contributed by atoms with van der Waals surface area (Å²) in [6, 6.07) is 0.0611. The van der Waals surface area contributed by atoms with E-state index in [4.69, 9.17) is 0 Å². The van der Waals surface area contributed by atoms with Gasteiger partial charge >= 0.3 is 0 Å². The minimum atomic E-state index is -0.303. The number of hydrogen-bond donors (Lipinski definition) is 3. The highest BCUT2D eigenvalue weighted by atomic mass is 16.3. The molecule has 0 spiro atoms. The summed E-state index contributed by atoms with van der Waals surface area (Å²) in [5, 5.41) is 15.9. The number of fused-ring (bicyclic) bond motifs is 1. The Morgan fingerprint density at radius 1 is 1.20 bits per heavy atom. The quantitative estimate of drug-likeness (QED) is 0.750. The number of carbonyl (C=O) groups is 1. The fourth-order valence-electron chi connectivity index (χ4n) is 2.78. The molecule has 106 valence electrons. The standard InChI is InChI=1S/C14H18N4O2/c19-10-4-3-9(10)16-13-8-5-6-15-14(20)11(8)17-12(18-13)7-1-2-7/h7,9-10,19H,1-6H2,(H,15,20)(H,16,17,18)/t9-,10+/m0/s1. The van der Waals surface area contributed by atoms with Gasteiger partial charge in [0.05, 0.1) is 12.1 Å². The number of rotatable bonds is 3. The van der Waals surface area contributed by atoms with Crippen molar-refractivity contribution in [2.75, 3.05) is 11.9 Å². The average molecular weight is 274 g/mol. The Labute approximate surface area is 117 Å². The maximum absolute atomic E-state index is 12.0. The van der Waals surface area contributed by atoms with Gasteiger partial charge in [-0.2, -0.15) is 0 Å². The third-order valence-corrected chi connectivity index (χ3v) is 4.40. The molecule has 2 atom stereocenters. The Kier molecular flexibility index (Phi) is 2.66. The van der Waals surface area contributed by atoms with E-state index in [0.29, 0.717) is 18.2 Å². The molecule has 3 N–H and O–H groups in total. The predicted octanol–water partition coefficient (Wildman–Crippen LogP) is 0.575. The summed E-state index contributed by atoms with van der Waals surface area (Å²) in [6.45, 7) is 0.625. The first-order valence-electron chi connectivity index (χ1n) is 7.36. The topological polar surface area (TPSA) is 87.1 Å². The third-order valence-electron chi connectivity index (χ3n) is 4.40. The van der Waals surface area contributed by atoms with E-state index in [9.17, 15) is 9.90 Å². The van der Waals surface area contributed by atoms with Crippen LogP contribution in [0.5, 0.6) is 0 Å². The lowest BCUT2D eigenvalue weighted by Crippen LogP contribution is -2.44. The lowest BCUT2D eigenvalue weighted by Gasteiger charge is -2.34. The van der Waals surface area contributed by atoms with Crippen LogP contribution in [0.1, 0.15) is 53.5 Å². The maximum atomic E-state index is 12.0. The van der Waals surface area contributed by atoms with E-state index in [-0.39, 0.29) is 18.1 Å². The second-order valence-electron chi connectivity index (χ2n) is 5.93. The van der Waals surface area contributed by atoms with Gasteiger partial charge in [0.25, 0.3) is 5.91 Å². The molecular weight excluding hydrogens is 256 g/mol. The van der Waals surface area contributed by atoms with Gasteiger partial charge in [0.1, 0.15) is 17.3 Å². The van der Waals surface area contributed by atoms with Gasteiger partial charge in [-0.15, -0.1) is 0 Å². The van der Waals surface area contributed by atoms with Crippen molar-refractivity contribution in [3.05, 3.63) is 17.1 Å². The van der Waals surface area contributed by atoms with Gasteiger partial charge in [0.15, 0.2) is 0 Å². The van der Waals surface area contributed by atoms with Crippen LogP contribution >= 0.6 is 0 Å². The molecule has 1 amide bonds. The number of nitrogens with zero attached hydrogens (tertiary/aromatic N) is 2. The highest BCUT2D eigenvalue weighted by Crippen LogP contribution is 2.39.